The van der Waals surface area contributed by atoms with Crippen LogP contribution in [-0.4, -0.2) is 31.1 Å². The fourth-order valence-electron chi connectivity index (χ4n) is 3.09. The number of hydrogen-bond donors (Lipinski definition) is 2. The third kappa shape index (κ3) is 6.78. The molecule has 0 atom stereocenters. The van der Waals surface area contributed by atoms with Crippen molar-refractivity contribution >= 4 is 52.7 Å². The maximum atomic E-state index is 12.8. The van der Waals surface area contributed by atoms with Crippen molar-refractivity contribution in [2.24, 2.45) is 5.10 Å². The molecule has 6 nitrogen and oxygen atoms in total. The Labute approximate surface area is 202 Å². The molecule has 0 fully saturated rings. The molecular formula is C25H25ClN4O2S. The summed E-state index contributed by atoms with van der Waals surface area (Å²) in [5.74, 6) is -1.02. The SMILES string of the molecule is CCN(CC)c1ccc(C=NNC(=O)C(=Cc2cccs2)NC(=O)c2ccccc2Cl)cc1. The number of hydrogen-bond acceptors (Lipinski definition) is 5. The van der Waals surface area contributed by atoms with Gasteiger partial charge in [0.15, 0.2) is 0 Å². The average molecular weight is 481 g/mol. The van der Waals surface area contributed by atoms with Gasteiger partial charge in [-0.3, -0.25) is 9.59 Å². The summed E-state index contributed by atoms with van der Waals surface area (Å²) in [7, 11) is 0. The van der Waals surface area contributed by atoms with Gasteiger partial charge >= 0.3 is 0 Å². The Balaban J connectivity index is 1.71. The van der Waals surface area contributed by atoms with Gasteiger partial charge in [-0.1, -0.05) is 41.9 Å². The predicted octanol–water partition coefficient (Wildman–Crippen LogP) is 5.17. The van der Waals surface area contributed by atoms with Gasteiger partial charge < -0.3 is 10.2 Å². The molecule has 0 spiro atoms. The first-order valence-electron chi connectivity index (χ1n) is 10.5. The van der Waals surface area contributed by atoms with Crippen LogP contribution >= 0.6 is 22.9 Å². The van der Waals surface area contributed by atoms with Crippen molar-refractivity contribution in [3.05, 3.63) is 92.8 Å². The summed E-state index contributed by atoms with van der Waals surface area (Å²) in [6.07, 6.45) is 3.16. The molecule has 0 unspecified atom stereocenters. The van der Waals surface area contributed by atoms with Gasteiger partial charge in [-0.25, -0.2) is 5.43 Å². The fraction of sp³-hybridized carbons (Fsp3) is 0.160. The summed E-state index contributed by atoms with van der Waals surface area (Å²) >= 11 is 7.57. The molecule has 8 heteroatoms. The van der Waals surface area contributed by atoms with E-state index in [2.05, 4.69) is 34.6 Å². The van der Waals surface area contributed by atoms with E-state index >= 15 is 0 Å². The van der Waals surface area contributed by atoms with Crippen LogP contribution in [0.15, 0.2) is 76.8 Å². The second-order valence-electron chi connectivity index (χ2n) is 6.97. The molecule has 2 aromatic carbocycles. The summed E-state index contributed by atoms with van der Waals surface area (Å²) in [6.45, 7) is 6.08. The molecule has 0 bridgehead atoms. The smallest absolute Gasteiger partial charge is 0.287 e. The minimum Gasteiger partial charge on any atom is -0.372 e. The number of nitrogens with one attached hydrogen (secondary N) is 2. The van der Waals surface area contributed by atoms with E-state index in [0.29, 0.717) is 5.02 Å². The number of hydrazone groups is 1. The Morgan fingerprint density at radius 2 is 1.76 bits per heavy atom. The molecule has 0 aliphatic carbocycles. The van der Waals surface area contributed by atoms with Crippen molar-refractivity contribution in [2.45, 2.75) is 13.8 Å². The van der Waals surface area contributed by atoms with Crippen LogP contribution in [-0.2, 0) is 4.79 Å². The zero-order valence-corrected chi connectivity index (χ0v) is 20.0. The summed E-state index contributed by atoms with van der Waals surface area (Å²) in [5, 5.41) is 8.89. The van der Waals surface area contributed by atoms with Crippen molar-refractivity contribution in [2.75, 3.05) is 18.0 Å². The highest BCUT2D eigenvalue weighted by Gasteiger charge is 2.16. The first-order chi connectivity index (χ1) is 16.0. The maximum absolute atomic E-state index is 12.8. The van der Waals surface area contributed by atoms with E-state index in [1.165, 1.54) is 11.3 Å². The highest BCUT2D eigenvalue weighted by molar-refractivity contribution is 7.10. The van der Waals surface area contributed by atoms with E-state index in [1.807, 2.05) is 41.8 Å². The van der Waals surface area contributed by atoms with Gasteiger partial charge in [0.2, 0.25) is 0 Å². The zero-order valence-electron chi connectivity index (χ0n) is 18.4. The van der Waals surface area contributed by atoms with Gasteiger partial charge in [-0.05, 0) is 61.2 Å². The summed E-state index contributed by atoms with van der Waals surface area (Å²) in [4.78, 5) is 28.5. The molecule has 0 saturated carbocycles. The summed E-state index contributed by atoms with van der Waals surface area (Å²) in [5.41, 5.74) is 4.80. The van der Waals surface area contributed by atoms with Crippen LogP contribution in [0.3, 0.4) is 0 Å². The number of anilines is 1. The molecule has 0 radical (unpaired) electrons. The standard InChI is InChI=1S/C25H25ClN4O2S/c1-3-30(4-2)19-13-11-18(12-14-19)17-27-29-25(32)23(16-20-8-7-15-33-20)28-24(31)21-9-5-6-10-22(21)26/h5-17H,3-4H2,1-2H3,(H,28,31)(H,29,32). The Hall–Kier alpha value is -3.42. The second-order valence-corrected chi connectivity index (χ2v) is 8.36. The first kappa shape index (κ1) is 24.2. The molecule has 1 aromatic heterocycles. The molecular weight excluding hydrogens is 456 g/mol. The van der Waals surface area contributed by atoms with E-state index in [0.717, 1.165) is 29.2 Å². The molecule has 2 N–H and O–H groups in total. The molecule has 0 aliphatic rings. The van der Waals surface area contributed by atoms with Crippen molar-refractivity contribution in [3.63, 3.8) is 0 Å². The Morgan fingerprint density at radius 1 is 1.03 bits per heavy atom. The van der Waals surface area contributed by atoms with Crippen LogP contribution < -0.4 is 15.6 Å². The number of carbonyl (C=O) groups excluding carboxylic acids is 2. The summed E-state index contributed by atoms with van der Waals surface area (Å²) in [6, 6.07) is 18.3. The van der Waals surface area contributed by atoms with Crippen LogP contribution in [0, 0.1) is 0 Å². The molecule has 170 valence electrons. The molecule has 33 heavy (non-hydrogen) atoms. The van der Waals surface area contributed by atoms with Gasteiger partial charge in [-0.15, -0.1) is 11.3 Å². The molecule has 1 heterocycles. The maximum Gasteiger partial charge on any atom is 0.287 e. The van der Waals surface area contributed by atoms with Gasteiger partial charge in [0.05, 0.1) is 16.8 Å². The van der Waals surface area contributed by atoms with Crippen molar-refractivity contribution < 1.29 is 9.59 Å². The topological polar surface area (TPSA) is 73.8 Å². The minimum atomic E-state index is -0.542. The van der Waals surface area contributed by atoms with Gasteiger partial charge in [0.1, 0.15) is 5.70 Å². The summed E-state index contributed by atoms with van der Waals surface area (Å²) < 4.78 is 0. The van der Waals surface area contributed by atoms with E-state index in [4.69, 9.17) is 11.6 Å². The molecule has 2 amide bonds. The number of thiophene rings is 1. The van der Waals surface area contributed by atoms with Crippen LogP contribution in [0.1, 0.15) is 34.6 Å². The molecule has 3 aromatic rings. The van der Waals surface area contributed by atoms with Gasteiger partial charge in [0, 0.05) is 23.7 Å². The minimum absolute atomic E-state index is 0.0661. The van der Waals surface area contributed by atoms with Crippen LogP contribution in [0.5, 0.6) is 0 Å². The fourth-order valence-corrected chi connectivity index (χ4v) is 3.97. The van der Waals surface area contributed by atoms with Crippen molar-refractivity contribution in [1.29, 1.82) is 0 Å². The Morgan fingerprint density at radius 3 is 2.39 bits per heavy atom. The predicted molar refractivity (Wildman–Crippen MR) is 137 cm³/mol. The van der Waals surface area contributed by atoms with E-state index < -0.39 is 11.8 Å². The quantitative estimate of drug-likeness (QED) is 0.252. The monoisotopic (exact) mass is 480 g/mol. The lowest BCUT2D eigenvalue weighted by molar-refractivity contribution is -0.117. The normalized spacial score (nSPS) is 11.4. The third-order valence-electron chi connectivity index (χ3n) is 4.84. The third-order valence-corrected chi connectivity index (χ3v) is 5.99. The van der Waals surface area contributed by atoms with Crippen molar-refractivity contribution in [1.82, 2.24) is 10.7 Å². The van der Waals surface area contributed by atoms with E-state index in [1.54, 1.807) is 36.6 Å². The van der Waals surface area contributed by atoms with E-state index in [9.17, 15) is 9.59 Å². The Bertz CT molecular complexity index is 1140. The largest absolute Gasteiger partial charge is 0.372 e. The number of halogens is 1. The highest BCUT2D eigenvalue weighted by Crippen LogP contribution is 2.17. The molecule has 0 saturated heterocycles. The number of rotatable bonds is 9. The van der Waals surface area contributed by atoms with Crippen LogP contribution in [0.25, 0.3) is 6.08 Å². The first-order valence-corrected chi connectivity index (χ1v) is 11.8. The van der Waals surface area contributed by atoms with Gasteiger partial charge in [-0.2, -0.15) is 5.10 Å². The van der Waals surface area contributed by atoms with Gasteiger partial charge in [0.25, 0.3) is 11.8 Å². The lowest BCUT2D eigenvalue weighted by Gasteiger charge is -2.20. The lowest BCUT2D eigenvalue weighted by Crippen LogP contribution is -2.33. The second kappa shape index (κ2) is 12.0. The van der Waals surface area contributed by atoms with Crippen LogP contribution in [0.4, 0.5) is 5.69 Å². The number of nitrogens with zero attached hydrogens (tertiary/aromatic N) is 2. The molecule has 0 aliphatic heterocycles. The average Bonchev–Trinajstić information content (AvgIpc) is 3.34. The Kier molecular flexibility index (Phi) is 8.80. The highest BCUT2D eigenvalue weighted by atomic mass is 35.5. The van der Waals surface area contributed by atoms with Crippen molar-refractivity contribution in [3.8, 4) is 0 Å². The zero-order chi connectivity index (χ0) is 23.6. The number of amides is 2. The lowest BCUT2D eigenvalue weighted by atomic mass is 10.2. The molecule has 3 rings (SSSR count). The number of carbonyl (C=O) groups is 2. The van der Waals surface area contributed by atoms with Crippen LogP contribution in [0.2, 0.25) is 5.02 Å². The van der Waals surface area contributed by atoms with E-state index in [-0.39, 0.29) is 11.3 Å². The number of benzene rings is 2.